The van der Waals surface area contributed by atoms with Crippen molar-refractivity contribution in [3.05, 3.63) is 162 Å². The number of aromatic nitrogens is 3. The summed E-state index contributed by atoms with van der Waals surface area (Å²) in [5.41, 5.74) is 15.6. The second-order valence-corrected chi connectivity index (χ2v) is 14.1. The van der Waals surface area contributed by atoms with Crippen molar-refractivity contribution < 1.29 is 0 Å². The van der Waals surface area contributed by atoms with E-state index < -0.39 is 0 Å². The number of nitrogens with zero attached hydrogens (tertiary/aromatic N) is 3. The van der Waals surface area contributed by atoms with E-state index >= 15 is 0 Å². The highest BCUT2D eigenvalue weighted by molar-refractivity contribution is 5.90. The number of hydrogen-bond acceptors (Lipinski definition) is 1. The Balaban J connectivity index is 1.28. The third-order valence-electron chi connectivity index (χ3n) is 11.1. The maximum absolute atomic E-state index is 5.65. The lowest BCUT2D eigenvalue weighted by Crippen LogP contribution is -2.12. The SMILES string of the molecule is c1ccc(-c2cc(-c3ccccc3)cc(-c3cc(-n4c5c(c6ccccc64)CCCC5)nc(-n4c5c(c6ccccc64)CCCC5)c3)c2)cc1. The second-order valence-electron chi connectivity index (χ2n) is 14.1. The normalized spacial score (nSPS) is 14.2. The van der Waals surface area contributed by atoms with Crippen LogP contribution in [-0.2, 0) is 25.7 Å². The van der Waals surface area contributed by atoms with Crippen LogP contribution in [0.25, 0.3) is 66.8 Å². The standard InChI is InChI=1S/C47H39N3/c1-3-15-32(16-4-1)34-27-35(33-17-5-2-6-18-33)29-36(28-34)37-30-46(49-42-23-11-7-19-38(42)39-20-8-12-24-43(39)49)48-47(31-37)50-44-25-13-9-21-40(44)41-22-10-14-26-45(41)50/h1-7,9,11,13,15-19,21,23,25,27-31H,8,10,12,14,20,22,24,26H2. The van der Waals surface area contributed by atoms with Crippen LogP contribution >= 0.6 is 0 Å². The molecule has 0 saturated carbocycles. The zero-order chi connectivity index (χ0) is 33.0. The molecule has 0 fully saturated rings. The van der Waals surface area contributed by atoms with Gasteiger partial charge in [0.1, 0.15) is 11.6 Å². The van der Waals surface area contributed by atoms with E-state index in [1.54, 1.807) is 0 Å². The van der Waals surface area contributed by atoms with E-state index in [2.05, 4.69) is 149 Å². The van der Waals surface area contributed by atoms with Gasteiger partial charge in [-0.1, -0.05) is 97.1 Å². The summed E-state index contributed by atoms with van der Waals surface area (Å²) in [6.45, 7) is 0. The lowest BCUT2D eigenvalue weighted by atomic mass is 9.93. The number of fused-ring (bicyclic) bond motifs is 6. The average molecular weight is 646 g/mol. The molecule has 0 radical (unpaired) electrons. The van der Waals surface area contributed by atoms with Crippen LogP contribution in [0, 0.1) is 0 Å². The summed E-state index contributed by atoms with van der Waals surface area (Å²) in [5.74, 6) is 2.01. The van der Waals surface area contributed by atoms with Gasteiger partial charge in [0.15, 0.2) is 0 Å². The molecule has 0 N–H and O–H groups in total. The Bertz CT molecular complexity index is 2360. The Morgan fingerprint density at radius 1 is 0.360 bits per heavy atom. The summed E-state index contributed by atoms with van der Waals surface area (Å²) in [4.78, 5) is 5.65. The zero-order valence-electron chi connectivity index (χ0n) is 28.3. The van der Waals surface area contributed by atoms with E-state index in [0.717, 1.165) is 37.3 Å². The van der Waals surface area contributed by atoms with E-state index in [0.29, 0.717) is 0 Å². The Morgan fingerprint density at radius 3 is 1.22 bits per heavy atom. The maximum atomic E-state index is 5.65. The van der Waals surface area contributed by atoms with Crippen molar-refractivity contribution >= 4 is 21.8 Å². The number of rotatable bonds is 5. The van der Waals surface area contributed by atoms with Gasteiger partial charge in [0, 0.05) is 22.2 Å². The number of hydrogen-bond donors (Lipinski definition) is 0. The minimum Gasteiger partial charge on any atom is -0.298 e. The molecule has 0 bridgehead atoms. The first-order chi connectivity index (χ1) is 24.8. The van der Waals surface area contributed by atoms with Gasteiger partial charge in [-0.3, -0.25) is 9.13 Å². The minimum absolute atomic E-state index is 1.01. The number of benzene rings is 5. The molecular weight excluding hydrogens is 607 g/mol. The van der Waals surface area contributed by atoms with E-state index in [9.17, 15) is 0 Å². The fourth-order valence-corrected chi connectivity index (χ4v) is 8.80. The molecule has 5 aromatic carbocycles. The number of pyridine rings is 1. The minimum atomic E-state index is 1.01. The fourth-order valence-electron chi connectivity index (χ4n) is 8.80. The molecule has 8 aromatic rings. The molecule has 0 atom stereocenters. The molecule has 50 heavy (non-hydrogen) atoms. The maximum Gasteiger partial charge on any atom is 0.140 e. The smallest absolute Gasteiger partial charge is 0.140 e. The highest BCUT2D eigenvalue weighted by atomic mass is 15.1. The van der Waals surface area contributed by atoms with Gasteiger partial charge in [-0.25, -0.2) is 4.98 Å². The van der Waals surface area contributed by atoms with Crippen molar-refractivity contribution in [1.82, 2.24) is 14.1 Å². The van der Waals surface area contributed by atoms with E-state index in [-0.39, 0.29) is 0 Å². The molecule has 0 aliphatic heterocycles. The highest BCUT2D eigenvalue weighted by Crippen LogP contribution is 2.40. The van der Waals surface area contributed by atoms with Gasteiger partial charge in [-0.15, -0.1) is 0 Å². The van der Waals surface area contributed by atoms with Crippen LogP contribution in [0.15, 0.2) is 140 Å². The van der Waals surface area contributed by atoms with Gasteiger partial charge in [-0.05, 0) is 138 Å². The highest BCUT2D eigenvalue weighted by Gasteiger charge is 2.25. The van der Waals surface area contributed by atoms with Crippen LogP contribution in [-0.4, -0.2) is 14.1 Å². The van der Waals surface area contributed by atoms with Crippen LogP contribution in [0.5, 0.6) is 0 Å². The third-order valence-corrected chi connectivity index (χ3v) is 11.1. The average Bonchev–Trinajstić information content (AvgIpc) is 3.71. The lowest BCUT2D eigenvalue weighted by Gasteiger charge is -2.20. The van der Waals surface area contributed by atoms with Crippen LogP contribution < -0.4 is 0 Å². The monoisotopic (exact) mass is 645 g/mol. The summed E-state index contributed by atoms with van der Waals surface area (Å²) in [7, 11) is 0. The molecule has 0 spiro atoms. The van der Waals surface area contributed by atoms with Crippen molar-refractivity contribution in [2.75, 3.05) is 0 Å². The topological polar surface area (TPSA) is 22.8 Å². The predicted octanol–water partition coefficient (Wildman–Crippen LogP) is 11.7. The Morgan fingerprint density at radius 2 is 0.740 bits per heavy atom. The molecule has 10 rings (SSSR count). The quantitative estimate of drug-likeness (QED) is 0.183. The number of para-hydroxylation sites is 2. The molecular formula is C47H39N3. The van der Waals surface area contributed by atoms with Gasteiger partial charge in [0.25, 0.3) is 0 Å². The zero-order valence-corrected chi connectivity index (χ0v) is 28.3. The van der Waals surface area contributed by atoms with Crippen molar-refractivity contribution in [2.24, 2.45) is 0 Å². The van der Waals surface area contributed by atoms with Gasteiger partial charge in [0.05, 0.1) is 11.0 Å². The number of aryl methyl sites for hydroxylation is 2. The largest absolute Gasteiger partial charge is 0.298 e. The fraction of sp³-hybridized carbons (Fsp3) is 0.170. The molecule has 2 aliphatic rings. The van der Waals surface area contributed by atoms with Crippen LogP contribution in [0.3, 0.4) is 0 Å². The first kappa shape index (κ1) is 29.3. The molecule has 3 heterocycles. The van der Waals surface area contributed by atoms with Gasteiger partial charge >= 0.3 is 0 Å². The molecule has 3 nitrogen and oxygen atoms in total. The van der Waals surface area contributed by atoms with Gasteiger partial charge in [-0.2, -0.15) is 0 Å². The van der Waals surface area contributed by atoms with Crippen LogP contribution in [0.4, 0.5) is 0 Å². The van der Waals surface area contributed by atoms with Crippen molar-refractivity contribution in [2.45, 2.75) is 51.4 Å². The summed E-state index contributed by atoms with van der Waals surface area (Å²) >= 11 is 0. The first-order valence-electron chi connectivity index (χ1n) is 18.3. The Labute approximate surface area is 293 Å². The summed E-state index contributed by atoms with van der Waals surface area (Å²) in [6.07, 6.45) is 9.33. The lowest BCUT2D eigenvalue weighted by molar-refractivity contribution is 0.660. The summed E-state index contributed by atoms with van der Waals surface area (Å²) in [6, 6.07) is 51.3. The third kappa shape index (κ3) is 4.83. The molecule has 2 aliphatic carbocycles. The second kappa shape index (κ2) is 12.0. The molecule has 0 unspecified atom stereocenters. The van der Waals surface area contributed by atoms with Gasteiger partial charge < -0.3 is 0 Å². The summed E-state index contributed by atoms with van der Waals surface area (Å²) < 4.78 is 4.99. The summed E-state index contributed by atoms with van der Waals surface area (Å²) in [5, 5.41) is 2.74. The molecule has 0 amide bonds. The molecule has 3 aromatic heterocycles. The molecule has 0 saturated heterocycles. The van der Waals surface area contributed by atoms with Crippen molar-refractivity contribution in [1.29, 1.82) is 0 Å². The van der Waals surface area contributed by atoms with Crippen LogP contribution in [0.1, 0.15) is 48.2 Å². The molecule has 3 heteroatoms. The predicted molar refractivity (Wildman–Crippen MR) is 207 cm³/mol. The van der Waals surface area contributed by atoms with Crippen LogP contribution in [0.2, 0.25) is 0 Å². The van der Waals surface area contributed by atoms with Crippen molar-refractivity contribution in [3.8, 4) is 45.0 Å². The molecule has 242 valence electrons. The van der Waals surface area contributed by atoms with E-state index in [4.69, 9.17) is 4.98 Å². The van der Waals surface area contributed by atoms with E-state index in [1.165, 1.54) is 103 Å². The Hall–Kier alpha value is -5.67. The first-order valence-corrected chi connectivity index (χ1v) is 18.3. The van der Waals surface area contributed by atoms with Crippen molar-refractivity contribution in [3.63, 3.8) is 0 Å². The van der Waals surface area contributed by atoms with Gasteiger partial charge in [0.2, 0.25) is 0 Å². The van der Waals surface area contributed by atoms with E-state index in [1.807, 2.05) is 0 Å². The Kier molecular flexibility index (Phi) is 7.04.